The van der Waals surface area contributed by atoms with Gasteiger partial charge in [0, 0.05) is 13.2 Å². The zero-order chi connectivity index (χ0) is 22.2. The first-order valence-corrected chi connectivity index (χ1v) is 10.9. The fourth-order valence-corrected chi connectivity index (χ4v) is 5.01. The maximum atomic E-state index is 12.5. The Labute approximate surface area is 183 Å². The van der Waals surface area contributed by atoms with Gasteiger partial charge in [-0.15, -0.1) is 0 Å². The predicted molar refractivity (Wildman–Crippen MR) is 117 cm³/mol. The van der Waals surface area contributed by atoms with Gasteiger partial charge in [0.2, 0.25) is 0 Å². The van der Waals surface area contributed by atoms with Crippen LogP contribution < -0.4 is 0 Å². The highest BCUT2D eigenvalue weighted by molar-refractivity contribution is 5.87. The zero-order valence-electron chi connectivity index (χ0n) is 18.7. The van der Waals surface area contributed by atoms with Crippen LogP contribution in [0.15, 0.2) is 42.0 Å². The van der Waals surface area contributed by atoms with Crippen molar-refractivity contribution >= 4 is 12.0 Å². The molecule has 6 atom stereocenters. The van der Waals surface area contributed by atoms with Crippen LogP contribution in [-0.2, 0) is 23.7 Å². The van der Waals surface area contributed by atoms with Gasteiger partial charge in [-0.25, -0.2) is 4.79 Å². The molecule has 1 N–H and O–H groups in total. The maximum absolute atomic E-state index is 12.5. The van der Waals surface area contributed by atoms with Crippen LogP contribution in [0.1, 0.15) is 45.6 Å². The summed E-state index contributed by atoms with van der Waals surface area (Å²) in [5.74, 6) is -0.214. The van der Waals surface area contributed by atoms with Gasteiger partial charge in [-0.05, 0) is 63.8 Å². The van der Waals surface area contributed by atoms with E-state index in [4.69, 9.17) is 18.9 Å². The highest BCUT2D eigenvalue weighted by atomic mass is 16.6. The molecule has 31 heavy (non-hydrogen) atoms. The second kappa shape index (κ2) is 8.41. The SMILES string of the molecule is CO[C@H]1[C@H](C2(C)O[C@@H]2CC=C(C)C)[C@]2(CC[C@H]1OC(=O)/C=C/c1ccc(O)cc1)CO2. The second-order valence-electron chi connectivity index (χ2n) is 9.28. The molecule has 3 fully saturated rings. The monoisotopic (exact) mass is 428 g/mol. The molecular formula is C25H32O6. The number of esters is 1. The van der Waals surface area contributed by atoms with Crippen molar-refractivity contribution in [2.75, 3.05) is 13.7 Å². The molecule has 3 aliphatic rings. The third-order valence-electron chi connectivity index (χ3n) is 6.81. The predicted octanol–water partition coefficient (Wildman–Crippen LogP) is 4.03. The Bertz CT molecular complexity index is 865. The first kappa shape index (κ1) is 22.1. The maximum Gasteiger partial charge on any atom is 0.331 e. The molecule has 1 spiro atoms. The third kappa shape index (κ3) is 4.56. The van der Waals surface area contributed by atoms with E-state index in [-0.39, 0.29) is 41.2 Å². The van der Waals surface area contributed by atoms with Crippen LogP contribution in [-0.4, -0.2) is 54.3 Å². The van der Waals surface area contributed by atoms with Crippen LogP contribution in [0.3, 0.4) is 0 Å². The number of allylic oxidation sites excluding steroid dienone is 1. The van der Waals surface area contributed by atoms with E-state index < -0.39 is 5.97 Å². The molecule has 0 aromatic heterocycles. The summed E-state index contributed by atoms with van der Waals surface area (Å²) in [6, 6.07) is 6.63. The zero-order valence-corrected chi connectivity index (χ0v) is 18.7. The number of benzene rings is 1. The molecular weight excluding hydrogens is 396 g/mol. The van der Waals surface area contributed by atoms with Crippen LogP contribution in [0.2, 0.25) is 0 Å². The summed E-state index contributed by atoms with van der Waals surface area (Å²) >= 11 is 0. The molecule has 6 nitrogen and oxygen atoms in total. The standard InChI is InChI=1S/C25H32O6/c1-16(2)5-11-20-24(3,31-20)23-22(28-4)19(13-14-25(23)15-29-25)30-21(27)12-8-17-6-9-18(26)10-7-17/h5-10,12,19-20,22-23,26H,11,13-15H2,1-4H3/b12-8+/t19-,20-,22-,23-,24?,25+/m1/s1. The van der Waals surface area contributed by atoms with E-state index in [2.05, 4.69) is 26.8 Å². The van der Waals surface area contributed by atoms with Crippen molar-refractivity contribution < 1.29 is 28.8 Å². The lowest BCUT2D eigenvalue weighted by Gasteiger charge is -2.42. The molecule has 1 aromatic rings. The molecule has 168 valence electrons. The Hall–Kier alpha value is -2.15. The Morgan fingerprint density at radius 1 is 1.29 bits per heavy atom. The smallest absolute Gasteiger partial charge is 0.331 e. The molecule has 1 unspecified atom stereocenters. The van der Waals surface area contributed by atoms with Gasteiger partial charge in [0.05, 0.1) is 18.6 Å². The topological polar surface area (TPSA) is 80.8 Å². The van der Waals surface area contributed by atoms with Gasteiger partial charge in [0.25, 0.3) is 0 Å². The quantitative estimate of drug-likeness (QED) is 0.306. The van der Waals surface area contributed by atoms with E-state index in [1.807, 2.05) is 0 Å². The van der Waals surface area contributed by atoms with E-state index in [0.717, 1.165) is 18.4 Å². The number of methoxy groups -OCH3 is 1. The first-order chi connectivity index (χ1) is 14.8. The third-order valence-corrected chi connectivity index (χ3v) is 6.81. The lowest BCUT2D eigenvalue weighted by Crippen LogP contribution is -2.55. The lowest BCUT2D eigenvalue weighted by molar-refractivity contribution is -0.166. The van der Waals surface area contributed by atoms with Gasteiger partial charge in [-0.1, -0.05) is 23.8 Å². The number of epoxide rings is 2. The molecule has 4 rings (SSSR count). The number of hydrogen-bond acceptors (Lipinski definition) is 6. The van der Waals surface area contributed by atoms with Crippen LogP contribution >= 0.6 is 0 Å². The summed E-state index contributed by atoms with van der Waals surface area (Å²) in [5, 5.41) is 9.38. The number of rotatable bonds is 7. The first-order valence-electron chi connectivity index (χ1n) is 10.9. The van der Waals surface area contributed by atoms with Gasteiger partial charge >= 0.3 is 5.97 Å². The van der Waals surface area contributed by atoms with Crippen LogP contribution in [0.5, 0.6) is 5.75 Å². The lowest BCUT2D eigenvalue weighted by atomic mass is 9.68. The second-order valence-corrected chi connectivity index (χ2v) is 9.28. The summed E-state index contributed by atoms with van der Waals surface area (Å²) in [7, 11) is 1.67. The Balaban J connectivity index is 1.45. The summed E-state index contributed by atoms with van der Waals surface area (Å²) in [6.07, 6.45) is 7.16. The number of aromatic hydroxyl groups is 1. The molecule has 1 aromatic carbocycles. The van der Waals surface area contributed by atoms with Crippen molar-refractivity contribution in [3.8, 4) is 5.75 Å². The van der Waals surface area contributed by atoms with Crippen molar-refractivity contribution in [3.63, 3.8) is 0 Å². The molecule has 2 aliphatic heterocycles. The minimum atomic E-state index is -0.408. The number of carbonyl (C=O) groups is 1. The van der Waals surface area contributed by atoms with Crippen LogP contribution in [0.25, 0.3) is 6.08 Å². The summed E-state index contributed by atoms with van der Waals surface area (Å²) in [6.45, 7) is 7.01. The van der Waals surface area contributed by atoms with Gasteiger partial charge in [-0.2, -0.15) is 0 Å². The number of phenolic OH excluding ortho intramolecular Hbond substituents is 1. The van der Waals surface area contributed by atoms with E-state index in [9.17, 15) is 9.90 Å². The van der Waals surface area contributed by atoms with E-state index >= 15 is 0 Å². The summed E-state index contributed by atoms with van der Waals surface area (Å²) in [5.41, 5.74) is 1.50. The van der Waals surface area contributed by atoms with Crippen molar-refractivity contribution in [1.82, 2.24) is 0 Å². The highest BCUT2D eigenvalue weighted by Crippen LogP contribution is 2.59. The van der Waals surface area contributed by atoms with E-state index in [0.29, 0.717) is 13.0 Å². The Morgan fingerprint density at radius 3 is 2.61 bits per heavy atom. The van der Waals surface area contributed by atoms with Crippen molar-refractivity contribution in [1.29, 1.82) is 0 Å². The minimum absolute atomic E-state index is 0.00758. The van der Waals surface area contributed by atoms with E-state index in [1.54, 1.807) is 37.5 Å². The highest BCUT2D eigenvalue weighted by Gasteiger charge is 2.72. The fourth-order valence-electron chi connectivity index (χ4n) is 5.01. The van der Waals surface area contributed by atoms with Gasteiger partial charge in [0.15, 0.2) is 0 Å². The normalized spacial score (nSPS) is 36.4. The largest absolute Gasteiger partial charge is 0.508 e. The average molecular weight is 429 g/mol. The molecule has 1 aliphatic carbocycles. The fraction of sp³-hybridized carbons (Fsp3) is 0.560. The molecule has 2 heterocycles. The summed E-state index contributed by atoms with van der Waals surface area (Å²) in [4.78, 5) is 12.5. The number of phenols is 1. The van der Waals surface area contributed by atoms with Gasteiger partial charge in [-0.3, -0.25) is 0 Å². The van der Waals surface area contributed by atoms with Gasteiger partial charge < -0.3 is 24.1 Å². The van der Waals surface area contributed by atoms with Crippen molar-refractivity contribution in [2.24, 2.45) is 5.92 Å². The van der Waals surface area contributed by atoms with Crippen LogP contribution in [0.4, 0.5) is 0 Å². The molecule has 6 heteroatoms. The Morgan fingerprint density at radius 2 is 2.00 bits per heavy atom. The molecule has 0 amide bonds. The van der Waals surface area contributed by atoms with Gasteiger partial charge in [0.1, 0.15) is 29.2 Å². The van der Waals surface area contributed by atoms with Crippen molar-refractivity contribution in [2.45, 2.75) is 69.5 Å². The molecule has 0 radical (unpaired) electrons. The minimum Gasteiger partial charge on any atom is -0.508 e. The molecule has 0 bridgehead atoms. The number of carbonyl (C=O) groups excluding carboxylic acids is 1. The summed E-state index contributed by atoms with van der Waals surface area (Å²) < 4.78 is 23.9. The van der Waals surface area contributed by atoms with Crippen molar-refractivity contribution in [3.05, 3.63) is 47.6 Å². The number of ether oxygens (including phenoxy) is 4. The molecule has 1 saturated carbocycles. The Kier molecular flexibility index (Phi) is 5.99. The molecule has 2 saturated heterocycles. The van der Waals surface area contributed by atoms with E-state index in [1.165, 1.54) is 11.6 Å². The van der Waals surface area contributed by atoms with Crippen LogP contribution in [0, 0.1) is 5.92 Å². The average Bonchev–Trinajstić information content (AvgIpc) is 3.65. The number of hydrogen-bond donors (Lipinski definition) is 1.